The fraction of sp³-hybridized carbons (Fsp3) is 0.438. The van der Waals surface area contributed by atoms with Crippen molar-refractivity contribution in [2.45, 2.75) is 30.6 Å². The molecule has 1 heterocycles. The van der Waals surface area contributed by atoms with Crippen molar-refractivity contribution >= 4 is 40.9 Å². The lowest BCUT2D eigenvalue weighted by Gasteiger charge is -2.25. The van der Waals surface area contributed by atoms with E-state index in [1.807, 2.05) is 12.1 Å². The van der Waals surface area contributed by atoms with Crippen molar-refractivity contribution in [2.75, 3.05) is 16.4 Å². The van der Waals surface area contributed by atoms with Gasteiger partial charge >= 0.3 is 5.97 Å². The molecule has 3 rings (SSSR count). The first-order valence-electron chi connectivity index (χ1n) is 7.63. The summed E-state index contributed by atoms with van der Waals surface area (Å²) in [5.74, 6) is -0.958. The number of nitrogens with one attached hydrogen (secondary N) is 2. The molecule has 1 aliphatic heterocycles. The van der Waals surface area contributed by atoms with Crippen LogP contribution < -0.4 is 10.6 Å². The smallest absolute Gasteiger partial charge is 0.306 e. The third-order valence-corrected chi connectivity index (χ3v) is 5.40. The summed E-state index contributed by atoms with van der Waals surface area (Å²) in [7, 11) is 0. The van der Waals surface area contributed by atoms with Crippen LogP contribution in [0.4, 0.5) is 11.4 Å². The molecule has 7 heteroatoms. The lowest BCUT2D eigenvalue weighted by molar-refractivity contribution is -0.143. The minimum absolute atomic E-state index is 0.0435. The maximum absolute atomic E-state index is 12.3. The van der Waals surface area contributed by atoms with E-state index in [1.54, 1.807) is 6.07 Å². The Morgan fingerprint density at radius 2 is 1.87 bits per heavy atom. The van der Waals surface area contributed by atoms with Gasteiger partial charge < -0.3 is 15.7 Å². The minimum Gasteiger partial charge on any atom is -0.481 e. The zero-order valence-electron chi connectivity index (χ0n) is 12.5. The number of aliphatic carboxylic acids is 1. The Kier molecular flexibility index (Phi) is 4.56. The van der Waals surface area contributed by atoms with Crippen LogP contribution in [0.25, 0.3) is 0 Å². The van der Waals surface area contributed by atoms with Crippen molar-refractivity contribution < 1.29 is 19.5 Å². The van der Waals surface area contributed by atoms with Gasteiger partial charge in [0.25, 0.3) is 0 Å². The first-order valence-corrected chi connectivity index (χ1v) is 8.62. The molecule has 1 saturated carbocycles. The maximum atomic E-state index is 12.3. The van der Waals surface area contributed by atoms with Crippen molar-refractivity contribution in [3.8, 4) is 0 Å². The molecule has 122 valence electrons. The van der Waals surface area contributed by atoms with Crippen molar-refractivity contribution in [2.24, 2.45) is 11.8 Å². The summed E-state index contributed by atoms with van der Waals surface area (Å²) in [6.07, 6.45) is 2.29. The highest BCUT2D eigenvalue weighted by Gasteiger charge is 2.29. The largest absolute Gasteiger partial charge is 0.481 e. The SMILES string of the molecule is O=C1CSc2ccc(NC(=O)C3CCC(C(=O)O)CC3)cc2N1. The number of carboxylic acids is 1. The molecule has 1 aliphatic carbocycles. The highest BCUT2D eigenvalue weighted by atomic mass is 32.2. The Morgan fingerprint density at radius 1 is 1.17 bits per heavy atom. The molecule has 0 aromatic heterocycles. The molecule has 3 N–H and O–H groups in total. The lowest BCUT2D eigenvalue weighted by atomic mass is 9.81. The second-order valence-electron chi connectivity index (χ2n) is 5.92. The molecule has 1 aromatic rings. The third-order valence-electron chi connectivity index (χ3n) is 4.33. The van der Waals surface area contributed by atoms with Gasteiger partial charge in [0.15, 0.2) is 0 Å². The zero-order valence-corrected chi connectivity index (χ0v) is 13.3. The van der Waals surface area contributed by atoms with Crippen LogP contribution in [0.3, 0.4) is 0 Å². The van der Waals surface area contributed by atoms with Gasteiger partial charge in [-0.2, -0.15) is 0 Å². The summed E-state index contributed by atoms with van der Waals surface area (Å²) < 4.78 is 0. The highest BCUT2D eigenvalue weighted by Crippen LogP contribution is 2.34. The Hall–Kier alpha value is -2.02. The molecule has 0 radical (unpaired) electrons. The van der Waals surface area contributed by atoms with Crippen LogP contribution in [0, 0.1) is 11.8 Å². The van der Waals surface area contributed by atoms with Gasteiger partial charge in [0, 0.05) is 16.5 Å². The number of anilines is 2. The Bertz CT molecular complexity index is 653. The molecule has 2 amide bonds. The first-order chi connectivity index (χ1) is 11.0. The maximum Gasteiger partial charge on any atom is 0.306 e. The average Bonchev–Trinajstić information content (AvgIpc) is 2.54. The van der Waals surface area contributed by atoms with Crippen molar-refractivity contribution in [3.05, 3.63) is 18.2 Å². The van der Waals surface area contributed by atoms with E-state index in [2.05, 4.69) is 10.6 Å². The average molecular weight is 334 g/mol. The van der Waals surface area contributed by atoms with E-state index in [4.69, 9.17) is 5.11 Å². The molecular weight excluding hydrogens is 316 g/mol. The molecule has 0 atom stereocenters. The van der Waals surface area contributed by atoms with Crippen LogP contribution in [0.5, 0.6) is 0 Å². The molecule has 6 nitrogen and oxygen atoms in total. The monoisotopic (exact) mass is 334 g/mol. The Balaban J connectivity index is 1.61. The second kappa shape index (κ2) is 6.62. The molecule has 0 saturated heterocycles. The van der Waals surface area contributed by atoms with E-state index in [0.717, 1.165) is 10.6 Å². The molecule has 1 aromatic carbocycles. The third kappa shape index (κ3) is 3.67. The molecule has 0 spiro atoms. The van der Waals surface area contributed by atoms with Gasteiger partial charge in [-0.3, -0.25) is 14.4 Å². The number of hydrogen-bond donors (Lipinski definition) is 3. The van der Waals surface area contributed by atoms with Crippen LogP contribution >= 0.6 is 11.8 Å². The van der Waals surface area contributed by atoms with E-state index in [9.17, 15) is 14.4 Å². The van der Waals surface area contributed by atoms with Gasteiger partial charge in [-0.05, 0) is 43.9 Å². The van der Waals surface area contributed by atoms with Gasteiger partial charge in [0.2, 0.25) is 11.8 Å². The highest BCUT2D eigenvalue weighted by molar-refractivity contribution is 8.00. The van der Waals surface area contributed by atoms with Crippen LogP contribution in [-0.4, -0.2) is 28.6 Å². The summed E-state index contributed by atoms with van der Waals surface area (Å²) >= 11 is 1.48. The van der Waals surface area contributed by atoms with Crippen molar-refractivity contribution in [3.63, 3.8) is 0 Å². The van der Waals surface area contributed by atoms with Gasteiger partial charge in [-0.1, -0.05) is 0 Å². The molecule has 2 aliphatic rings. The quantitative estimate of drug-likeness (QED) is 0.789. The normalized spacial score (nSPS) is 23.6. The van der Waals surface area contributed by atoms with Gasteiger partial charge in [0.1, 0.15) is 0 Å². The second-order valence-corrected chi connectivity index (χ2v) is 6.94. The van der Waals surface area contributed by atoms with Crippen LogP contribution in [0.1, 0.15) is 25.7 Å². The summed E-state index contributed by atoms with van der Waals surface area (Å²) in [4.78, 5) is 35.7. The van der Waals surface area contributed by atoms with Gasteiger partial charge in [0.05, 0.1) is 17.4 Å². The summed E-state index contributed by atoms with van der Waals surface area (Å²) in [6.45, 7) is 0. The van der Waals surface area contributed by atoms with E-state index in [-0.39, 0.29) is 23.7 Å². The number of carboxylic acid groups (broad SMARTS) is 1. The summed E-state index contributed by atoms with van der Waals surface area (Å²) in [5.41, 5.74) is 1.37. The number of rotatable bonds is 3. The van der Waals surface area contributed by atoms with Crippen molar-refractivity contribution in [1.29, 1.82) is 0 Å². The van der Waals surface area contributed by atoms with Gasteiger partial charge in [-0.25, -0.2) is 0 Å². The van der Waals surface area contributed by atoms with E-state index in [0.29, 0.717) is 37.1 Å². The fourth-order valence-electron chi connectivity index (χ4n) is 3.01. The number of thioether (sulfide) groups is 1. The van der Waals surface area contributed by atoms with Crippen molar-refractivity contribution in [1.82, 2.24) is 0 Å². The number of carbonyl (C=O) groups excluding carboxylic acids is 2. The first kappa shape index (κ1) is 15.9. The summed E-state index contributed by atoms with van der Waals surface area (Å²) in [6, 6.07) is 5.47. The fourth-order valence-corrected chi connectivity index (χ4v) is 3.80. The standard InChI is InChI=1S/C16H18N2O4S/c19-14-8-23-13-6-5-11(7-12(13)18-14)17-15(20)9-1-3-10(4-2-9)16(21)22/h5-7,9-10H,1-4,8H2,(H,17,20)(H,18,19)(H,21,22). The van der Waals surface area contributed by atoms with Crippen LogP contribution in [-0.2, 0) is 14.4 Å². The molecule has 1 fully saturated rings. The number of hydrogen-bond acceptors (Lipinski definition) is 4. The topological polar surface area (TPSA) is 95.5 Å². The van der Waals surface area contributed by atoms with Gasteiger partial charge in [-0.15, -0.1) is 11.8 Å². The number of carbonyl (C=O) groups is 3. The molecule has 0 bridgehead atoms. The number of fused-ring (bicyclic) bond motifs is 1. The Labute approximate surface area is 138 Å². The number of benzene rings is 1. The predicted octanol–water partition coefficient (Wildman–Crippen LogP) is 2.56. The van der Waals surface area contributed by atoms with E-state index >= 15 is 0 Å². The zero-order chi connectivity index (χ0) is 16.4. The number of amides is 2. The molecule has 23 heavy (non-hydrogen) atoms. The van der Waals surface area contributed by atoms with Crippen LogP contribution in [0.2, 0.25) is 0 Å². The minimum atomic E-state index is -0.771. The van der Waals surface area contributed by atoms with Crippen LogP contribution in [0.15, 0.2) is 23.1 Å². The molecular formula is C16H18N2O4S. The lowest BCUT2D eigenvalue weighted by Crippen LogP contribution is -2.29. The Morgan fingerprint density at radius 3 is 2.57 bits per heavy atom. The van der Waals surface area contributed by atoms with E-state index < -0.39 is 5.97 Å². The molecule has 0 unspecified atom stereocenters. The predicted molar refractivity (Wildman–Crippen MR) is 87.5 cm³/mol. The summed E-state index contributed by atoms with van der Waals surface area (Å²) in [5, 5.41) is 14.7. The van der Waals surface area contributed by atoms with E-state index in [1.165, 1.54) is 11.8 Å².